The van der Waals surface area contributed by atoms with Crippen molar-refractivity contribution in [1.29, 1.82) is 0 Å². The van der Waals surface area contributed by atoms with E-state index < -0.39 is 36.7 Å². The number of benzene rings is 2. The summed E-state index contributed by atoms with van der Waals surface area (Å²) in [7, 11) is -5.99. The van der Waals surface area contributed by atoms with Gasteiger partial charge in [-0.2, -0.15) is 0 Å². The van der Waals surface area contributed by atoms with Crippen molar-refractivity contribution in [3.05, 3.63) is 59.7 Å². The third-order valence-electron chi connectivity index (χ3n) is 5.09. The monoisotopic (exact) mass is 423 g/mol. The Labute approximate surface area is 166 Å². The molecule has 3 rings (SSSR count). The molecule has 0 spiro atoms. The van der Waals surface area contributed by atoms with Crippen molar-refractivity contribution in [3.63, 3.8) is 0 Å². The fourth-order valence-corrected chi connectivity index (χ4v) is 8.53. The highest BCUT2D eigenvalue weighted by Gasteiger charge is 2.47. The maximum atomic E-state index is 13.4. The summed E-state index contributed by atoms with van der Waals surface area (Å²) in [6.45, 7) is 3.69. The number of aryl methyl sites for hydroxylation is 1. The van der Waals surface area contributed by atoms with E-state index >= 15 is 0 Å². The molecule has 1 fully saturated rings. The maximum Gasteiger partial charge on any atom is 0.187 e. The first-order valence-electron chi connectivity index (χ1n) is 9.04. The van der Waals surface area contributed by atoms with Crippen molar-refractivity contribution < 1.29 is 21.6 Å². The summed E-state index contributed by atoms with van der Waals surface area (Å²) in [6.07, 6.45) is 0. The summed E-state index contributed by atoms with van der Waals surface area (Å²) >= 11 is 0. The van der Waals surface area contributed by atoms with Crippen LogP contribution in [-0.2, 0) is 19.7 Å². The first-order valence-corrected chi connectivity index (χ1v) is 12.4. The molecule has 1 aliphatic heterocycles. The fraction of sp³-hybridized carbons (Fsp3) is 0.400. The zero-order chi connectivity index (χ0) is 20.5. The molecule has 0 aliphatic carbocycles. The minimum Gasteiger partial charge on any atom is -0.495 e. The van der Waals surface area contributed by atoms with E-state index in [1.807, 2.05) is 37.3 Å². The normalized spacial score (nSPS) is 22.7. The standard InChI is InChI=1S/C20H25NO5S2/c1-14-9-10-18(26-3)19(11-14)28(24,25)20-13-27(22,23)12-17(20)21-15(2)16-7-5-4-6-8-16/h4-11,15,17,20-21H,12-13H2,1-3H3/t15?,17-,20-/m0/s1. The number of sulfone groups is 2. The number of hydrogen-bond donors (Lipinski definition) is 1. The van der Waals surface area contributed by atoms with Gasteiger partial charge in [0.2, 0.25) is 0 Å². The summed E-state index contributed by atoms with van der Waals surface area (Å²) in [5.41, 5.74) is 1.73. The van der Waals surface area contributed by atoms with Gasteiger partial charge in [-0.05, 0) is 37.1 Å². The van der Waals surface area contributed by atoms with Crippen LogP contribution < -0.4 is 10.1 Å². The topological polar surface area (TPSA) is 89.5 Å². The zero-order valence-corrected chi connectivity index (χ0v) is 17.8. The van der Waals surface area contributed by atoms with Crippen molar-refractivity contribution in [2.45, 2.75) is 36.1 Å². The van der Waals surface area contributed by atoms with E-state index in [1.54, 1.807) is 19.1 Å². The van der Waals surface area contributed by atoms with Gasteiger partial charge in [0.25, 0.3) is 0 Å². The Hall–Kier alpha value is -1.90. The van der Waals surface area contributed by atoms with Crippen LogP contribution in [0, 0.1) is 6.92 Å². The Bertz CT molecular complexity index is 1050. The van der Waals surface area contributed by atoms with Crippen molar-refractivity contribution >= 4 is 19.7 Å². The molecule has 28 heavy (non-hydrogen) atoms. The highest BCUT2D eigenvalue weighted by atomic mass is 32.2. The smallest absolute Gasteiger partial charge is 0.187 e. The van der Waals surface area contributed by atoms with Gasteiger partial charge in [-0.15, -0.1) is 0 Å². The highest BCUT2D eigenvalue weighted by Crippen LogP contribution is 2.33. The van der Waals surface area contributed by atoms with Crippen LogP contribution in [0.3, 0.4) is 0 Å². The molecule has 0 radical (unpaired) electrons. The molecule has 0 bridgehead atoms. The average molecular weight is 424 g/mol. The van der Waals surface area contributed by atoms with E-state index in [0.29, 0.717) is 0 Å². The lowest BCUT2D eigenvalue weighted by molar-refractivity contribution is 0.401. The lowest BCUT2D eigenvalue weighted by Gasteiger charge is -2.25. The van der Waals surface area contributed by atoms with Gasteiger partial charge in [0.15, 0.2) is 19.7 Å². The molecule has 0 aromatic heterocycles. The molecule has 1 N–H and O–H groups in total. The van der Waals surface area contributed by atoms with Crippen molar-refractivity contribution in [2.75, 3.05) is 18.6 Å². The molecule has 1 unspecified atom stereocenters. The number of hydrogen-bond acceptors (Lipinski definition) is 6. The number of methoxy groups -OCH3 is 1. The lowest BCUT2D eigenvalue weighted by atomic mass is 10.1. The largest absolute Gasteiger partial charge is 0.495 e. The van der Waals surface area contributed by atoms with Crippen LogP contribution in [-0.4, -0.2) is 46.7 Å². The molecule has 6 nitrogen and oxygen atoms in total. The quantitative estimate of drug-likeness (QED) is 0.767. The summed E-state index contributed by atoms with van der Waals surface area (Å²) in [4.78, 5) is 0.0382. The molecule has 152 valence electrons. The first-order chi connectivity index (χ1) is 13.1. The second kappa shape index (κ2) is 7.85. The van der Waals surface area contributed by atoms with Crippen LogP contribution in [0.4, 0.5) is 0 Å². The molecule has 2 aromatic carbocycles. The van der Waals surface area contributed by atoms with Crippen LogP contribution in [0.1, 0.15) is 24.1 Å². The SMILES string of the molecule is COc1ccc(C)cc1S(=O)(=O)[C@H]1CS(=O)(=O)C[C@@H]1NC(C)c1ccccc1. The number of rotatable bonds is 6. The van der Waals surface area contributed by atoms with Gasteiger partial charge in [-0.25, -0.2) is 16.8 Å². The van der Waals surface area contributed by atoms with E-state index in [0.717, 1.165) is 11.1 Å². The Morgan fingerprint density at radius 1 is 1.11 bits per heavy atom. The van der Waals surface area contributed by atoms with Gasteiger partial charge in [-0.1, -0.05) is 36.4 Å². The predicted molar refractivity (Wildman–Crippen MR) is 109 cm³/mol. The summed E-state index contributed by atoms with van der Waals surface area (Å²) in [5, 5.41) is 2.16. The Kier molecular flexibility index (Phi) is 5.84. The number of nitrogens with one attached hydrogen (secondary N) is 1. The second-order valence-electron chi connectivity index (χ2n) is 7.22. The third kappa shape index (κ3) is 4.24. The minimum absolute atomic E-state index is 0.0382. The molecule has 2 aromatic rings. The maximum absolute atomic E-state index is 13.4. The van der Waals surface area contributed by atoms with Crippen molar-refractivity contribution in [3.8, 4) is 5.75 Å². The van der Waals surface area contributed by atoms with E-state index in [9.17, 15) is 16.8 Å². The lowest BCUT2D eigenvalue weighted by Crippen LogP contribution is -2.44. The predicted octanol–water partition coefficient (Wildman–Crippen LogP) is 2.29. The van der Waals surface area contributed by atoms with Gasteiger partial charge in [-0.3, -0.25) is 0 Å². The summed E-state index contributed by atoms with van der Waals surface area (Å²) in [5.74, 6) is -0.377. The third-order valence-corrected chi connectivity index (χ3v) is 9.26. The molecule has 1 saturated heterocycles. The molecule has 3 atom stereocenters. The average Bonchev–Trinajstić information content (AvgIpc) is 2.97. The van der Waals surface area contributed by atoms with Gasteiger partial charge in [0, 0.05) is 12.1 Å². The van der Waals surface area contributed by atoms with Crippen LogP contribution in [0.2, 0.25) is 0 Å². The van der Waals surface area contributed by atoms with Gasteiger partial charge >= 0.3 is 0 Å². The molecule has 0 saturated carbocycles. The first kappa shape index (κ1) is 20.8. The summed E-state index contributed by atoms with van der Waals surface area (Å²) < 4.78 is 56.7. The molecule has 0 amide bonds. The van der Waals surface area contributed by atoms with Crippen LogP contribution in [0.15, 0.2) is 53.4 Å². The van der Waals surface area contributed by atoms with Crippen LogP contribution in [0.5, 0.6) is 5.75 Å². The van der Waals surface area contributed by atoms with E-state index in [-0.39, 0.29) is 22.4 Å². The second-order valence-corrected chi connectivity index (χ2v) is 11.5. The molecule has 8 heteroatoms. The van der Waals surface area contributed by atoms with Gasteiger partial charge < -0.3 is 10.1 Å². The summed E-state index contributed by atoms with van der Waals surface area (Å²) in [6, 6.07) is 13.5. The van der Waals surface area contributed by atoms with Crippen molar-refractivity contribution in [2.24, 2.45) is 0 Å². The highest BCUT2D eigenvalue weighted by molar-refractivity contribution is 7.96. The fourth-order valence-electron chi connectivity index (χ4n) is 3.61. The van der Waals surface area contributed by atoms with Crippen LogP contribution >= 0.6 is 0 Å². The van der Waals surface area contributed by atoms with Crippen molar-refractivity contribution in [1.82, 2.24) is 5.32 Å². The minimum atomic E-state index is -3.92. The van der Waals surface area contributed by atoms with Gasteiger partial charge in [0.05, 0.1) is 23.9 Å². The van der Waals surface area contributed by atoms with Gasteiger partial charge in [0.1, 0.15) is 10.6 Å². The van der Waals surface area contributed by atoms with E-state index in [1.165, 1.54) is 13.2 Å². The van der Waals surface area contributed by atoms with Crippen LogP contribution in [0.25, 0.3) is 0 Å². The Morgan fingerprint density at radius 3 is 2.43 bits per heavy atom. The molecule has 1 heterocycles. The zero-order valence-electron chi connectivity index (χ0n) is 16.1. The van der Waals surface area contributed by atoms with E-state index in [2.05, 4.69) is 5.32 Å². The Balaban J connectivity index is 1.97. The van der Waals surface area contributed by atoms with E-state index in [4.69, 9.17) is 4.74 Å². The Morgan fingerprint density at radius 2 is 1.79 bits per heavy atom. The molecular weight excluding hydrogens is 398 g/mol. The number of ether oxygens (including phenoxy) is 1. The molecular formula is C20H25NO5S2. The molecule has 1 aliphatic rings.